The van der Waals surface area contributed by atoms with Gasteiger partial charge in [-0.25, -0.2) is 4.39 Å². The lowest BCUT2D eigenvalue weighted by atomic mass is 9.82. The second-order valence-corrected chi connectivity index (χ2v) is 3.44. The summed E-state index contributed by atoms with van der Waals surface area (Å²) in [5.41, 5.74) is 4.15. The molecule has 62 valence electrons. The molecule has 0 aromatic carbocycles. The van der Waals surface area contributed by atoms with Gasteiger partial charge in [-0.2, -0.15) is 0 Å². The predicted molar refractivity (Wildman–Crippen MR) is 42.6 cm³/mol. The number of hydrogen-bond acceptors (Lipinski definition) is 1. The monoisotopic (exact) mass is 147 g/mol. The van der Waals surface area contributed by atoms with E-state index in [4.69, 9.17) is 5.73 Å². The van der Waals surface area contributed by atoms with Gasteiger partial charge in [-0.05, 0) is 11.8 Å². The van der Waals surface area contributed by atoms with Crippen LogP contribution in [0.4, 0.5) is 4.39 Å². The van der Waals surface area contributed by atoms with Crippen LogP contribution in [0, 0.1) is 11.8 Å². The van der Waals surface area contributed by atoms with E-state index >= 15 is 0 Å². The highest BCUT2D eigenvalue weighted by molar-refractivity contribution is 4.86. The largest absolute Gasteiger partial charge is 0.328 e. The van der Waals surface area contributed by atoms with E-state index in [1.54, 1.807) is 0 Å². The number of nitrogens with two attached hydrogens (primary N) is 1. The summed E-state index contributed by atoms with van der Waals surface area (Å²) in [4.78, 5) is 0. The van der Waals surface area contributed by atoms with Gasteiger partial charge >= 0.3 is 0 Å². The summed E-state index contributed by atoms with van der Waals surface area (Å²) >= 11 is 0. The fourth-order valence-electron chi connectivity index (χ4n) is 1.14. The number of hydrogen-bond donors (Lipinski definition) is 1. The molecule has 0 unspecified atom stereocenters. The molecule has 0 amide bonds. The number of halogens is 1. The van der Waals surface area contributed by atoms with Gasteiger partial charge in [0, 0.05) is 6.54 Å². The minimum atomic E-state index is -1.18. The van der Waals surface area contributed by atoms with Gasteiger partial charge in [0.2, 0.25) is 0 Å². The highest BCUT2D eigenvalue weighted by Gasteiger charge is 2.35. The third-order valence-electron chi connectivity index (χ3n) is 2.23. The minimum absolute atomic E-state index is 0.0116. The van der Waals surface area contributed by atoms with E-state index in [-0.39, 0.29) is 18.4 Å². The van der Waals surface area contributed by atoms with Crippen LogP contribution in [0.3, 0.4) is 0 Å². The highest BCUT2D eigenvalue weighted by Crippen LogP contribution is 2.28. The van der Waals surface area contributed by atoms with Crippen LogP contribution in [-0.2, 0) is 0 Å². The summed E-state index contributed by atoms with van der Waals surface area (Å²) in [5.74, 6) is 0.0231. The Bertz CT molecular complexity index is 91.4. The van der Waals surface area contributed by atoms with E-state index in [0.29, 0.717) is 0 Å². The fraction of sp³-hybridized carbons (Fsp3) is 1.00. The molecule has 1 nitrogen and oxygen atoms in total. The first kappa shape index (κ1) is 9.89. The smallest absolute Gasteiger partial charge is 0.127 e. The molecule has 0 aliphatic heterocycles. The van der Waals surface area contributed by atoms with Gasteiger partial charge in [-0.1, -0.05) is 27.7 Å². The zero-order valence-corrected chi connectivity index (χ0v) is 7.32. The Hall–Kier alpha value is -0.110. The molecule has 0 aliphatic carbocycles. The third kappa shape index (κ3) is 1.69. The number of alkyl halides is 1. The molecule has 2 N–H and O–H groups in total. The fourth-order valence-corrected chi connectivity index (χ4v) is 1.14. The van der Waals surface area contributed by atoms with E-state index in [1.165, 1.54) is 0 Å². The van der Waals surface area contributed by atoms with Crippen molar-refractivity contribution in [2.45, 2.75) is 33.4 Å². The molecule has 0 bridgehead atoms. The van der Waals surface area contributed by atoms with Crippen LogP contribution in [0.2, 0.25) is 0 Å². The summed E-state index contributed by atoms with van der Waals surface area (Å²) in [7, 11) is 0. The Kier molecular flexibility index (Phi) is 3.29. The summed E-state index contributed by atoms with van der Waals surface area (Å²) in [6.45, 7) is 7.60. The predicted octanol–water partition coefficient (Wildman–Crippen LogP) is 1.97. The van der Waals surface area contributed by atoms with Crippen molar-refractivity contribution in [1.29, 1.82) is 0 Å². The van der Waals surface area contributed by atoms with Crippen LogP contribution in [0.5, 0.6) is 0 Å². The summed E-state index contributed by atoms with van der Waals surface area (Å²) < 4.78 is 13.6. The van der Waals surface area contributed by atoms with Crippen molar-refractivity contribution in [3.8, 4) is 0 Å². The molecule has 0 aliphatic rings. The van der Waals surface area contributed by atoms with Crippen molar-refractivity contribution in [2.75, 3.05) is 6.54 Å². The second-order valence-electron chi connectivity index (χ2n) is 3.44. The summed E-state index contributed by atoms with van der Waals surface area (Å²) in [6, 6.07) is 0. The van der Waals surface area contributed by atoms with Gasteiger partial charge in [-0.3, -0.25) is 0 Å². The maximum atomic E-state index is 13.6. The maximum absolute atomic E-state index is 13.6. The van der Waals surface area contributed by atoms with Crippen LogP contribution in [0.15, 0.2) is 0 Å². The zero-order chi connectivity index (χ0) is 8.36. The molecule has 0 heterocycles. The Balaban J connectivity index is 4.23. The molecule has 0 saturated heterocycles. The van der Waals surface area contributed by atoms with Crippen LogP contribution in [0.1, 0.15) is 27.7 Å². The molecule has 0 rings (SSSR count). The van der Waals surface area contributed by atoms with Gasteiger partial charge in [0.15, 0.2) is 0 Å². The molecule has 0 aromatic heterocycles. The standard InChI is InChI=1S/C8H18FN/c1-6(2)8(9,5-10)7(3)4/h6-7H,5,10H2,1-4H3. The van der Waals surface area contributed by atoms with E-state index < -0.39 is 5.67 Å². The molecule has 0 radical (unpaired) electrons. The summed E-state index contributed by atoms with van der Waals surface area (Å²) in [5, 5.41) is 0. The molecule has 10 heavy (non-hydrogen) atoms. The van der Waals surface area contributed by atoms with Gasteiger partial charge in [-0.15, -0.1) is 0 Å². The lowest BCUT2D eigenvalue weighted by Crippen LogP contribution is -2.43. The third-order valence-corrected chi connectivity index (χ3v) is 2.23. The Morgan fingerprint density at radius 2 is 1.50 bits per heavy atom. The van der Waals surface area contributed by atoms with Crippen molar-refractivity contribution in [2.24, 2.45) is 17.6 Å². The molecule has 0 aromatic rings. The molecular formula is C8H18FN. The highest BCUT2D eigenvalue weighted by atomic mass is 19.1. The maximum Gasteiger partial charge on any atom is 0.127 e. The van der Waals surface area contributed by atoms with Crippen molar-refractivity contribution in [3.63, 3.8) is 0 Å². The van der Waals surface area contributed by atoms with Crippen LogP contribution >= 0.6 is 0 Å². The topological polar surface area (TPSA) is 26.0 Å². The molecule has 0 fully saturated rings. The van der Waals surface area contributed by atoms with Gasteiger partial charge < -0.3 is 5.73 Å². The Labute approximate surface area is 62.8 Å². The average molecular weight is 147 g/mol. The molecule has 0 atom stereocenters. The second kappa shape index (κ2) is 3.33. The van der Waals surface area contributed by atoms with Crippen molar-refractivity contribution in [1.82, 2.24) is 0 Å². The van der Waals surface area contributed by atoms with Gasteiger partial charge in [0.1, 0.15) is 5.67 Å². The van der Waals surface area contributed by atoms with Crippen LogP contribution in [-0.4, -0.2) is 12.2 Å². The van der Waals surface area contributed by atoms with E-state index in [2.05, 4.69) is 0 Å². The van der Waals surface area contributed by atoms with E-state index in [1.807, 2.05) is 27.7 Å². The minimum Gasteiger partial charge on any atom is -0.328 e. The van der Waals surface area contributed by atoms with Crippen molar-refractivity contribution in [3.05, 3.63) is 0 Å². The summed E-state index contributed by atoms with van der Waals surface area (Å²) in [6.07, 6.45) is 0. The molecule has 0 spiro atoms. The quantitative estimate of drug-likeness (QED) is 0.649. The Morgan fingerprint density at radius 3 is 1.50 bits per heavy atom. The first-order chi connectivity index (χ1) is 4.45. The lowest BCUT2D eigenvalue weighted by Gasteiger charge is -2.31. The van der Waals surface area contributed by atoms with E-state index in [0.717, 1.165) is 0 Å². The zero-order valence-electron chi connectivity index (χ0n) is 7.32. The molecule has 0 saturated carbocycles. The van der Waals surface area contributed by atoms with E-state index in [9.17, 15) is 4.39 Å². The first-order valence-corrected chi connectivity index (χ1v) is 3.84. The van der Waals surface area contributed by atoms with Gasteiger partial charge in [0.25, 0.3) is 0 Å². The van der Waals surface area contributed by atoms with Crippen LogP contribution in [0.25, 0.3) is 0 Å². The Morgan fingerprint density at radius 1 is 1.20 bits per heavy atom. The SMILES string of the molecule is CC(C)C(F)(CN)C(C)C. The van der Waals surface area contributed by atoms with Crippen LogP contribution < -0.4 is 5.73 Å². The molecular weight excluding hydrogens is 129 g/mol. The van der Waals surface area contributed by atoms with Gasteiger partial charge in [0.05, 0.1) is 0 Å². The average Bonchev–Trinajstić information content (AvgIpc) is 1.85. The molecule has 2 heteroatoms. The number of rotatable bonds is 3. The van der Waals surface area contributed by atoms with Crippen molar-refractivity contribution < 1.29 is 4.39 Å². The normalized spacial score (nSPS) is 13.2. The lowest BCUT2D eigenvalue weighted by molar-refractivity contribution is 0.0561. The van der Waals surface area contributed by atoms with Crippen molar-refractivity contribution >= 4 is 0 Å². The first-order valence-electron chi connectivity index (χ1n) is 3.84.